The van der Waals surface area contributed by atoms with Crippen LogP contribution >= 0.6 is 0 Å². The van der Waals surface area contributed by atoms with Gasteiger partial charge >= 0.3 is 5.97 Å². The molecule has 1 atom stereocenters. The molecule has 5 heteroatoms. The van der Waals surface area contributed by atoms with Gasteiger partial charge in [-0.05, 0) is 26.0 Å². The van der Waals surface area contributed by atoms with E-state index in [1.54, 1.807) is 19.1 Å². The molecule has 0 bridgehead atoms. The number of aryl methyl sites for hydroxylation is 1. The smallest absolute Gasteiger partial charge is 0.346 e. The summed E-state index contributed by atoms with van der Waals surface area (Å²) in [5, 5.41) is 0. The first-order valence-electron chi connectivity index (χ1n) is 4.99. The van der Waals surface area contributed by atoms with E-state index in [1.165, 1.54) is 7.11 Å². The van der Waals surface area contributed by atoms with Gasteiger partial charge in [-0.15, -0.1) is 0 Å². The lowest BCUT2D eigenvalue weighted by molar-refractivity contribution is -0.147. The van der Waals surface area contributed by atoms with Crippen molar-refractivity contribution in [3.8, 4) is 5.75 Å². The monoisotopic (exact) mass is 224 g/mol. The zero-order valence-electron chi connectivity index (χ0n) is 9.69. The van der Waals surface area contributed by atoms with Gasteiger partial charge in [-0.3, -0.25) is 4.98 Å². The molecular formula is C11H16N2O3. The number of hydrogen-bond donors (Lipinski definition) is 1. The number of rotatable bonds is 4. The van der Waals surface area contributed by atoms with E-state index >= 15 is 0 Å². The number of carbonyl (C=O) groups excluding carboxylic acids is 1. The fourth-order valence-electron chi connectivity index (χ4n) is 1.26. The predicted molar refractivity (Wildman–Crippen MR) is 59.0 cm³/mol. The summed E-state index contributed by atoms with van der Waals surface area (Å²) in [5.74, 6) is 0.0922. The number of nitrogens with zero attached hydrogens (tertiary/aromatic N) is 1. The van der Waals surface area contributed by atoms with Crippen LogP contribution in [0.4, 0.5) is 0 Å². The van der Waals surface area contributed by atoms with Crippen LogP contribution in [-0.2, 0) is 16.1 Å². The van der Waals surface area contributed by atoms with Crippen LogP contribution in [0, 0.1) is 6.92 Å². The van der Waals surface area contributed by atoms with Crippen molar-refractivity contribution in [2.75, 3.05) is 7.11 Å². The lowest BCUT2D eigenvalue weighted by atomic mass is 10.3. The minimum atomic E-state index is -0.667. The second-order valence-corrected chi connectivity index (χ2v) is 3.38. The number of pyridine rings is 1. The molecule has 2 N–H and O–H groups in total. The van der Waals surface area contributed by atoms with Gasteiger partial charge in [0.15, 0.2) is 6.10 Å². The molecule has 0 fully saturated rings. The summed E-state index contributed by atoms with van der Waals surface area (Å²) in [5.41, 5.74) is 7.04. The summed E-state index contributed by atoms with van der Waals surface area (Å²) >= 11 is 0. The predicted octanol–water partition coefficient (Wildman–Crippen LogP) is 0.789. The van der Waals surface area contributed by atoms with Gasteiger partial charge in [0.1, 0.15) is 5.75 Å². The Balaban J connectivity index is 2.84. The van der Waals surface area contributed by atoms with Gasteiger partial charge in [-0.25, -0.2) is 4.79 Å². The van der Waals surface area contributed by atoms with Crippen LogP contribution in [0.2, 0.25) is 0 Å². The average Bonchev–Trinajstić information content (AvgIpc) is 2.30. The van der Waals surface area contributed by atoms with Gasteiger partial charge in [0.25, 0.3) is 0 Å². The fourth-order valence-corrected chi connectivity index (χ4v) is 1.26. The van der Waals surface area contributed by atoms with Crippen molar-refractivity contribution in [3.05, 3.63) is 23.5 Å². The maximum Gasteiger partial charge on any atom is 0.346 e. The molecule has 0 amide bonds. The van der Waals surface area contributed by atoms with Crippen LogP contribution in [0.15, 0.2) is 12.1 Å². The van der Waals surface area contributed by atoms with E-state index in [1.807, 2.05) is 6.92 Å². The Morgan fingerprint density at radius 3 is 2.81 bits per heavy atom. The largest absolute Gasteiger partial charge is 0.477 e. The van der Waals surface area contributed by atoms with Crippen LogP contribution in [0.5, 0.6) is 5.75 Å². The standard InChI is InChI=1S/C11H16N2O3/c1-7-4-5-10(9(6-12)13-7)16-8(2)11(14)15-3/h4-5,8H,6,12H2,1-3H3. The maximum atomic E-state index is 11.2. The molecular weight excluding hydrogens is 208 g/mol. The molecule has 0 aliphatic carbocycles. The third-order valence-corrected chi connectivity index (χ3v) is 2.10. The van der Waals surface area contributed by atoms with E-state index in [9.17, 15) is 4.79 Å². The van der Waals surface area contributed by atoms with Crippen LogP contribution in [0.25, 0.3) is 0 Å². The van der Waals surface area contributed by atoms with Gasteiger partial charge in [0.2, 0.25) is 0 Å². The normalized spacial score (nSPS) is 12.0. The topological polar surface area (TPSA) is 74.4 Å². The van der Waals surface area contributed by atoms with Crippen molar-refractivity contribution in [1.82, 2.24) is 4.98 Å². The lowest BCUT2D eigenvalue weighted by Gasteiger charge is -2.14. The summed E-state index contributed by atoms with van der Waals surface area (Å²) in [6.45, 7) is 3.75. The van der Waals surface area contributed by atoms with Crippen molar-refractivity contribution >= 4 is 5.97 Å². The Morgan fingerprint density at radius 2 is 2.25 bits per heavy atom. The van der Waals surface area contributed by atoms with E-state index in [-0.39, 0.29) is 6.54 Å². The molecule has 1 aromatic heterocycles. The Bertz CT molecular complexity index is 379. The van der Waals surface area contributed by atoms with Crippen molar-refractivity contribution in [2.24, 2.45) is 5.73 Å². The molecule has 0 saturated carbocycles. The minimum absolute atomic E-state index is 0.269. The van der Waals surface area contributed by atoms with Crippen LogP contribution < -0.4 is 10.5 Å². The van der Waals surface area contributed by atoms with E-state index < -0.39 is 12.1 Å². The molecule has 0 aliphatic rings. The van der Waals surface area contributed by atoms with Gasteiger partial charge in [-0.1, -0.05) is 0 Å². The van der Waals surface area contributed by atoms with Crippen molar-refractivity contribution in [3.63, 3.8) is 0 Å². The van der Waals surface area contributed by atoms with E-state index in [0.717, 1.165) is 5.69 Å². The molecule has 0 aliphatic heterocycles. The summed E-state index contributed by atoms with van der Waals surface area (Å²) in [6.07, 6.45) is -0.667. The number of carbonyl (C=O) groups is 1. The minimum Gasteiger partial charge on any atom is -0.477 e. The average molecular weight is 224 g/mol. The Kier molecular flexibility index (Phi) is 4.25. The fraction of sp³-hybridized carbons (Fsp3) is 0.455. The number of esters is 1. The molecule has 1 aromatic rings. The Morgan fingerprint density at radius 1 is 1.56 bits per heavy atom. The van der Waals surface area contributed by atoms with Gasteiger partial charge < -0.3 is 15.2 Å². The zero-order chi connectivity index (χ0) is 12.1. The maximum absolute atomic E-state index is 11.2. The molecule has 0 saturated heterocycles. The molecule has 0 spiro atoms. The summed E-state index contributed by atoms with van der Waals surface area (Å²) in [6, 6.07) is 3.56. The first-order chi connectivity index (χ1) is 7.58. The van der Waals surface area contributed by atoms with Crippen molar-refractivity contribution in [1.29, 1.82) is 0 Å². The highest BCUT2D eigenvalue weighted by atomic mass is 16.6. The SMILES string of the molecule is COC(=O)C(C)Oc1ccc(C)nc1CN. The number of hydrogen-bond acceptors (Lipinski definition) is 5. The Hall–Kier alpha value is -1.62. The van der Waals surface area contributed by atoms with Gasteiger partial charge in [0, 0.05) is 12.2 Å². The molecule has 1 rings (SSSR count). The second kappa shape index (κ2) is 5.46. The summed E-state index contributed by atoms with van der Waals surface area (Å²) < 4.78 is 9.99. The number of ether oxygens (including phenoxy) is 2. The molecule has 16 heavy (non-hydrogen) atoms. The van der Waals surface area contributed by atoms with Crippen LogP contribution in [-0.4, -0.2) is 24.2 Å². The van der Waals surface area contributed by atoms with Crippen molar-refractivity contribution in [2.45, 2.75) is 26.5 Å². The van der Waals surface area contributed by atoms with Crippen LogP contribution in [0.1, 0.15) is 18.3 Å². The van der Waals surface area contributed by atoms with E-state index in [4.69, 9.17) is 10.5 Å². The highest BCUT2D eigenvalue weighted by Gasteiger charge is 2.16. The Labute approximate surface area is 94.6 Å². The quantitative estimate of drug-likeness (QED) is 0.765. The number of nitrogens with two attached hydrogens (primary N) is 1. The molecule has 0 aromatic carbocycles. The zero-order valence-corrected chi connectivity index (χ0v) is 9.69. The molecule has 88 valence electrons. The molecule has 0 radical (unpaired) electrons. The van der Waals surface area contributed by atoms with E-state index in [0.29, 0.717) is 11.4 Å². The second-order valence-electron chi connectivity index (χ2n) is 3.38. The first kappa shape index (κ1) is 12.4. The first-order valence-corrected chi connectivity index (χ1v) is 4.99. The third-order valence-electron chi connectivity index (χ3n) is 2.10. The van der Waals surface area contributed by atoms with Crippen molar-refractivity contribution < 1.29 is 14.3 Å². The van der Waals surface area contributed by atoms with Crippen LogP contribution in [0.3, 0.4) is 0 Å². The summed E-state index contributed by atoms with van der Waals surface area (Å²) in [7, 11) is 1.32. The van der Waals surface area contributed by atoms with Gasteiger partial charge in [0.05, 0.1) is 12.8 Å². The highest BCUT2D eigenvalue weighted by molar-refractivity contribution is 5.74. The lowest BCUT2D eigenvalue weighted by Crippen LogP contribution is -2.25. The highest BCUT2D eigenvalue weighted by Crippen LogP contribution is 2.18. The molecule has 5 nitrogen and oxygen atoms in total. The third kappa shape index (κ3) is 2.93. The number of aromatic nitrogens is 1. The molecule has 1 heterocycles. The van der Waals surface area contributed by atoms with E-state index in [2.05, 4.69) is 9.72 Å². The molecule has 1 unspecified atom stereocenters. The number of methoxy groups -OCH3 is 1. The summed E-state index contributed by atoms with van der Waals surface area (Å²) in [4.78, 5) is 15.4. The van der Waals surface area contributed by atoms with Gasteiger partial charge in [-0.2, -0.15) is 0 Å².